The van der Waals surface area contributed by atoms with E-state index in [1.807, 2.05) is 0 Å². The van der Waals surface area contributed by atoms with E-state index in [0.29, 0.717) is 0 Å². The third-order valence-corrected chi connectivity index (χ3v) is 6.96. The summed E-state index contributed by atoms with van der Waals surface area (Å²) in [6, 6.07) is 0. The Labute approximate surface area is 164 Å². The lowest BCUT2D eigenvalue weighted by Crippen LogP contribution is -2.12. The van der Waals surface area contributed by atoms with Crippen molar-refractivity contribution in [3.63, 3.8) is 0 Å². The first-order chi connectivity index (χ1) is 9.87. The monoisotopic (exact) mass is 616 g/mol. The smallest absolute Gasteiger partial charge is 0.292 e. The van der Waals surface area contributed by atoms with Crippen LogP contribution in [0.4, 0.5) is 0 Å². The molecule has 0 aromatic rings. The van der Waals surface area contributed by atoms with Crippen LogP contribution in [0.15, 0.2) is 0 Å². The Hall–Kier alpha value is 2.18. The van der Waals surface area contributed by atoms with Gasteiger partial charge in [-0.05, 0) is 27.7 Å². The molecule has 0 aliphatic heterocycles. The predicted molar refractivity (Wildman–Crippen MR) is 99.1 cm³/mol. The van der Waals surface area contributed by atoms with Gasteiger partial charge in [-0.2, -0.15) is 0 Å². The average Bonchev–Trinajstić information content (AvgIpc) is 2.21. The number of rotatable bonds is 11. The van der Waals surface area contributed by atoms with Crippen LogP contribution >= 0.6 is 79.1 Å². The summed E-state index contributed by atoms with van der Waals surface area (Å²) < 4.78 is 50.7. The maximum absolute atomic E-state index is 12.6. The predicted octanol–water partition coefficient (Wildman–Crippen LogP) is 6.29. The van der Waals surface area contributed by atoms with E-state index in [2.05, 4.69) is 63.7 Å². The van der Waals surface area contributed by atoms with Crippen molar-refractivity contribution < 1.29 is 31.7 Å². The molecule has 0 heterocycles. The number of hydrogen-bond donors (Lipinski definition) is 0. The zero-order valence-electron chi connectivity index (χ0n) is 12.3. The van der Waals surface area contributed by atoms with Crippen LogP contribution in [0.25, 0.3) is 0 Å². The number of halogens is 4. The topological polar surface area (TPSA) is 80.3 Å². The summed E-state index contributed by atoms with van der Waals surface area (Å²) in [5.74, 6) is 0. The van der Waals surface area contributed by atoms with Crippen molar-refractivity contribution >= 4 is 79.1 Å². The largest absolute Gasteiger partial charge is 0.477 e. The Kier molecular flexibility index (Phi) is 12.1. The lowest BCUT2D eigenvalue weighted by molar-refractivity contribution is 0.107. The van der Waals surface area contributed by atoms with Gasteiger partial charge in [0.2, 0.25) is 0 Å². The van der Waals surface area contributed by atoms with Crippen molar-refractivity contribution in [3.8, 4) is 0 Å². The zero-order chi connectivity index (χ0) is 17.6. The molecule has 0 fully saturated rings. The van der Waals surface area contributed by atoms with Crippen LogP contribution < -0.4 is 0 Å². The van der Waals surface area contributed by atoms with E-state index in [9.17, 15) is 9.13 Å². The minimum absolute atomic E-state index is 0.556. The van der Waals surface area contributed by atoms with Crippen molar-refractivity contribution in [3.05, 3.63) is 0 Å². The molecule has 0 radical (unpaired) electrons. The van der Waals surface area contributed by atoms with E-state index in [1.54, 1.807) is 27.7 Å². The van der Waals surface area contributed by atoms with E-state index < -0.39 is 41.8 Å². The van der Waals surface area contributed by atoms with E-state index >= 15 is 0 Å². The Bertz CT molecular complexity index is 353. The van der Waals surface area contributed by atoms with Crippen LogP contribution in [-0.2, 0) is 31.7 Å². The molecule has 0 aliphatic rings. The molecule has 0 amide bonds. The standard InChI is InChI=1S/C9H18Br4O7P2/c1-6(10)17-21(14,18-7(2)11)5-16-22(15,19-8(3)12)20-9(4)13/h6-9H,5H2,1-4H3. The molecule has 22 heavy (non-hydrogen) atoms. The maximum atomic E-state index is 12.6. The Morgan fingerprint density at radius 2 is 1.05 bits per heavy atom. The minimum Gasteiger partial charge on any atom is -0.292 e. The number of phosphoric ester groups is 1. The van der Waals surface area contributed by atoms with Crippen molar-refractivity contribution in [2.24, 2.45) is 0 Å². The molecule has 13 heteroatoms. The molecule has 4 unspecified atom stereocenters. The van der Waals surface area contributed by atoms with Gasteiger partial charge in [0.15, 0.2) is 6.35 Å². The SMILES string of the molecule is CC(Br)OP(=O)(COP(=O)(OC(C)Br)OC(C)Br)OC(C)Br. The molecule has 0 aliphatic carbocycles. The summed E-state index contributed by atoms with van der Waals surface area (Å²) >= 11 is 12.4. The second-order valence-corrected chi connectivity index (χ2v) is 12.5. The van der Waals surface area contributed by atoms with E-state index in [0.717, 1.165) is 0 Å². The summed E-state index contributed by atoms with van der Waals surface area (Å²) in [6.07, 6.45) is -0.602. The van der Waals surface area contributed by atoms with Crippen LogP contribution in [-0.4, -0.2) is 26.4 Å². The van der Waals surface area contributed by atoms with Crippen LogP contribution in [0.5, 0.6) is 0 Å². The first-order valence-electron chi connectivity index (χ1n) is 6.01. The molecule has 0 saturated carbocycles. The third kappa shape index (κ3) is 11.7. The summed E-state index contributed by atoms with van der Waals surface area (Å²) in [4.78, 5) is 0. The minimum atomic E-state index is -3.97. The van der Waals surface area contributed by atoms with Crippen LogP contribution in [0.1, 0.15) is 27.7 Å². The first kappa shape index (κ1) is 24.2. The Morgan fingerprint density at radius 1 is 0.727 bits per heavy atom. The van der Waals surface area contributed by atoms with Gasteiger partial charge in [-0.1, -0.05) is 63.7 Å². The molecule has 0 spiro atoms. The van der Waals surface area contributed by atoms with Gasteiger partial charge in [-0.25, -0.2) is 4.57 Å². The summed E-state index contributed by atoms with van der Waals surface area (Å²) in [5, 5.41) is -2.31. The quantitative estimate of drug-likeness (QED) is 0.199. The van der Waals surface area contributed by atoms with E-state index in [4.69, 9.17) is 22.6 Å². The van der Waals surface area contributed by atoms with Crippen molar-refractivity contribution in [1.29, 1.82) is 0 Å². The van der Waals surface area contributed by atoms with Gasteiger partial charge in [-0.15, -0.1) is 0 Å². The maximum Gasteiger partial charge on any atom is 0.477 e. The first-order valence-corrected chi connectivity index (χ1v) is 12.9. The lowest BCUT2D eigenvalue weighted by Gasteiger charge is -2.25. The van der Waals surface area contributed by atoms with Crippen molar-refractivity contribution in [2.75, 3.05) is 6.35 Å². The fraction of sp³-hybridized carbons (Fsp3) is 1.00. The third-order valence-electron chi connectivity index (χ3n) is 1.53. The molecule has 0 aromatic carbocycles. The zero-order valence-corrected chi connectivity index (χ0v) is 20.4. The van der Waals surface area contributed by atoms with E-state index in [-0.39, 0.29) is 0 Å². The van der Waals surface area contributed by atoms with Gasteiger partial charge in [0, 0.05) is 0 Å². The number of phosphoric acid groups is 1. The van der Waals surface area contributed by atoms with Gasteiger partial charge < -0.3 is 0 Å². The number of alkyl halides is 4. The van der Waals surface area contributed by atoms with Crippen LogP contribution in [0.3, 0.4) is 0 Å². The van der Waals surface area contributed by atoms with E-state index in [1.165, 1.54) is 0 Å². The molecule has 0 bridgehead atoms. The fourth-order valence-electron chi connectivity index (χ4n) is 1.11. The molecule has 7 nitrogen and oxygen atoms in total. The van der Waals surface area contributed by atoms with Gasteiger partial charge in [0.05, 0.1) is 0 Å². The highest BCUT2D eigenvalue weighted by atomic mass is 79.9. The number of hydrogen-bond acceptors (Lipinski definition) is 7. The molecular weight excluding hydrogens is 602 g/mol. The fourth-order valence-corrected chi connectivity index (χ4v) is 6.94. The molecule has 134 valence electrons. The highest BCUT2D eigenvalue weighted by molar-refractivity contribution is 9.10. The molecular formula is C9H18Br4O7P2. The van der Waals surface area contributed by atoms with Crippen LogP contribution in [0.2, 0.25) is 0 Å². The molecule has 0 rings (SSSR count). The highest BCUT2D eigenvalue weighted by Gasteiger charge is 2.37. The van der Waals surface area contributed by atoms with Gasteiger partial charge in [-0.3, -0.25) is 27.2 Å². The second-order valence-electron chi connectivity index (χ2n) is 3.91. The summed E-state index contributed by atoms with van der Waals surface area (Å²) in [6.45, 7) is 6.41. The van der Waals surface area contributed by atoms with Gasteiger partial charge in [0.25, 0.3) is 0 Å². The van der Waals surface area contributed by atoms with Crippen molar-refractivity contribution in [1.82, 2.24) is 0 Å². The average molecular weight is 620 g/mol. The molecule has 0 saturated heterocycles. The molecule has 0 N–H and O–H groups in total. The van der Waals surface area contributed by atoms with Crippen LogP contribution in [0, 0.1) is 0 Å². The normalized spacial score (nSPS) is 23.1. The van der Waals surface area contributed by atoms with Crippen molar-refractivity contribution in [2.45, 2.75) is 47.7 Å². The van der Waals surface area contributed by atoms with Gasteiger partial charge in [0.1, 0.15) is 20.1 Å². The molecule has 4 atom stereocenters. The summed E-state index contributed by atoms with van der Waals surface area (Å²) in [7, 11) is -7.67. The highest BCUT2D eigenvalue weighted by Crippen LogP contribution is 2.59. The lowest BCUT2D eigenvalue weighted by atomic mass is 10.9. The molecule has 0 aromatic heterocycles. The Balaban J connectivity index is 5.02. The Morgan fingerprint density at radius 3 is 1.32 bits per heavy atom. The van der Waals surface area contributed by atoms with Gasteiger partial charge >= 0.3 is 15.4 Å². The second kappa shape index (κ2) is 11.0. The summed E-state index contributed by atoms with van der Waals surface area (Å²) in [5.41, 5.74) is 0.